The molecule has 1 aliphatic heterocycles. The summed E-state index contributed by atoms with van der Waals surface area (Å²) in [6.07, 6.45) is 1.84. The lowest BCUT2D eigenvalue weighted by Crippen LogP contribution is -2.27. The van der Waals surface area contributed by atoms with E-state index in [2.05, 4.69) is 0 Å². The zero-order chi connectivity index (χ0) is 12.3. The Morgan fingerprint density at radius 1 is 1.41 bits per heavy atom. The normalized spacial score (nSPS) is 19.2. The van der Waals surface area contributed by atoms with E-state index < -0.39 is 0 Å². The standard InChI is InChI=1S/C13H18FNO2/c14-12-7-10(1-2-11(12)8-16)13(15)9-3-5-17-6-4-9/h1-2,7,9,13,16H,3-6,8,15H2. The number of halogens is 1. The Balaban J connectivity index is 2.12. The van der Waals surface area contributed by atoms with Crippen molar-refractivity contribution in [2.75, 3.05) is 13.2 Å². The highest BCUT2D eigenvalue weighted by Gasteiger charge is 2.22. The minimum atomic E-state index is -0.382. The molecule has 0 amide bonds. The minimum Gasteiger partial charge on any atom is -0.392 e. The maximum absolute atomic E-state index is 13.5. The van der Waals surface area contributed by atoms with Crippen molar-refractivity contribution in [2.24, 2.45) is 11.7 Å². The summed E-state index contributed by atoms with van der Waals surface area (Å²) in [6.45, 7) is 1.18. The SMILES string of the molecule is NC(c1ccc(CO)c(F)c1)C1CCOCC1. The molecule has 4 heteroatoms. The smallest absolute Gasteiger partial charge is 0.129 e. The Morgan fingerprint density at radius 2 is 2.12 bits per heavy atom. The quantitative estimate of drug-likeness (QED) is 0.844. The van der Waals surface area contributed by atoms with Gasteiger partial charge in [-0.3, -0.25) is 0 Å². The van der Waals surface area contributed by atoms with Crippen molar-refractivity contribution in [2.45, 2.75) is 25.5 Å². The van der Waals surface area contributed by atoms with Gasteiger partial charge in [0.15, 0.2) is 0 Å². The van der Waals surface area contributed by atoms with Gasteiger partial charge in [-0.15, -0.1) is 0 Å². The van der Waals surface area contributed by atoms with Gasteiger partial charge in [-0.25, -0.2) is 4.39 Å². The predicted octanol–water partition coefficient (Wildman–Crippen LogP) is 1.74. The Labute approximate surface area is 100 Å². The Kier molecular flexibility index (Phi) is 4.10. The van der Waals surface area contributed by atoms with Crippen LogP contribution in [0.2, 0.25) is 0 Å². The minimum absolute atomic E-state index is 0.152. The highest BCUT2D eigenvalue weighted by Crippen LogP contribution is 2.28. The maximum atomic E-state index is 13.5. The molecular weight excluding hydrogens is 221 g/mol. The van der Waals surface area contributed by atoms with Gasteiger partial charge in [0.25, 0.3) is 0 Å². The summed E-state index contributed by atoms with van der Waals surface area (Å²) in [5, 5.41) is 8.91. The molecule has 3 N–H and O–H groups in total. The van der Waals surface area contributed by atoms with E-state index in [-0.39, 0.29) is 18.5 Å². The average Bonchev–Trinajstić information content (AvgIpc) is 2.39. The zero-order valence-corrected chi connectivity index (χ0v) is 9.73. The Hall–Kier alpha value is -0.970. The summed E-state index contributed by atoms with van der Waals surface area (Å²) >= 11 is 0. The van der Waals surface area contributed by atoms with Crippen molar-refractivity contribution in [3.05, 3.63) is 35.1 Å². The number of nitrogens with two attached hydrogens (primary N) is 1. The topological polar surface area (TPSA) is 55.5 Å². The molecular formula is C13H18FNO2. The van der Waals surface area contributed by atoms with Gasteiger partial charge in [0.2, 0.25) is 0 Å². The fourth-order valence-electron chi connectivity index (χ4n) is 2.25. The van der Waals surface area contributed by atoms with E-state index in [1.165, 1.54) is 6.07 Å². The first-order chi connectivity index (χ1) is 8.22. The summed E-state index contributed by atoms with van der Waals surface area (Å²) in [6, 6.07) is 4.69. The number of aliphatic hydroxyl groups excluding tert-OH is 1. The van der Waals surface area contributed by atoms with Crippen LogP contribution in [0.4, 0.5) is 4.39 Å². The highest BCUT2D eigenvalue weighted by molar-refractivity contribution is 5.26. The molecule has 1 aromatic carbocycles. The zero-order valence-electron chi connectivity index (χ0n) is 9.73. The molecule has 0 bridgehead atoms. The number of hydrogen-bond donors (Lipinski definition) is 2. The molecule has 1 heterocycles. The molecule has 94 valence electrons. The van der Waals surface area contributed by atoms with E-state index in [4.69, 9.17) is 15.6 Å². The summed E-state index contributed by atoms with van der Waals surface area (Å²) in [5.41, 5.74) is 7.26. The largest absolute Gasteiger partial charge is 0.392 e. The van der Waals surface area contributed by atoms with Crippen LogP contribution in [0.25, 0.3) is 0 Å². The molecule has 1 fully saturated rings. The molecule has 0 aromatic heterocycles. The van der Waals surface area contributed by atoms with E-state index in [0.29, 0.717) is 11.5 Å². The number of rotatable bonds is 3. The molecule has 1 aliphatic rings. The van der Waals surface area contributed by atoms with Crippen molar-refractivity contribution in [1.82, 2.24) is 0 Å². The Bertz CT molecular complexity index is 378. The van der Waals surface area contributed by atoms with Crippen LogP contribution in [0.3, 0.4) is 0 Å². The second-order valence-corrected chi connectivity index (χ2v) is 4.48. The number of ether oxygens (including phenoxy) is 1. The lowest BCUT2D eigenvalue weighted by molar-refractivity contribution is 0.0583. The van der Waals surface area contributed by atoms with E-state index in [9.17, 15) is 4.39 Å². The van der Waals surface area contributed by atoms with Crippen LogP contribution in [0.15, 0.2) is 18.2 Å². The van der Waals surface area contributed by atoms with Gasteiger partial charge >= 0.3 is 0 Å². The van der Waals surface area contributed by atoms with Crippen LogP contribution in [-0.2, 0) is 11.3 Å². The third kappa shape index (κ3) is 2.83. The molecule has 0 aliphatic carbocycles. The maximum Gasteiger partial charge on any atom is 0.129 e. The van der Waals surface area contributed by atoms with Gasteiger partial charge in [-0.05, 0) is 30.4 Å². The van der Waals surface area contributed by atoms with Crippen LogP contribution >= 0.6 is 0 Å². The van der Waals surface area contributed by atoms with E-state index in [0.717, 1.165) is 31.6 Å². The van der Waals surface area contributed by atoms with Crippen LogP contribution in [0.5, 0.6) is 0 Å². The lowest BCUT2D eigenvalue weighted by atomic mass is 9.87. The summed E-state index contributed by atoms with van der Waals surface area (Å²) in [7, 11) is 0. The summed E-state index contributed by atoms with van der Waals surface area (Å²) in [5.74, 6) is -0.0318. The first-order valence-electron chi connectivity index (χ1n) is 5.95. The second-order valence-electron chi connectivity index (χ2n) is 4.48. The summed E-state index contributed by atoms with van der Waals surface area (Å²) in [4.78, 5) is 0. The molecule has 1 atom stereocenters. The fourth-order valence-corrected chi connectivity index (χ4v) is 2.25. The van der Waals surface area contributed by atoms with Crippen molar-refractivity contribution < 1.29 is 14.2 Å². The molecule has 1 unspecified atom stereocenters. The van der Waals surface area contributed by atoms with Gasteiger partial charge in [-0.2, -0.15) is 0 Å². The number of aliphatic hydroxyl groups is 1. The van der Waals surface area contributed by atoms with Crippen molar-refractivity contribution in [3.63, 3.8) is 0 Å². The Morgan fingerprint density at radius 3 is 2.71 bits per heavy atom. The first-order valence-corrected chi connectivity index (χ1v) is 5.95. The number of hydrogen-bond acceptors (Lipinski definition) is 3. The molecule has 17 heavy (non-hydrogen) atoms. The molecule has 1 saturated heterocycles. The van der Waals surface area contributed by atoms with Crippen molar-refractivity contribution >= 4 is 0 Å². The van der Waals surface area contributed by atoms with Crippen molar-refractivity contribution in [3.8, 4) is 0 Å². The number of benzene rings is 1. The molecule has 2 rings (SSSR count). The van der Waals surface area contributed by atoms with Crippen LogP contribution in [0, 0.1) is 11.7 Å². The fraction of sp³-hybridized carbons (Fsp3) is 0.538. The van der Waals surface area contributed by atoms with Crippen LogP contribution < -0.4 is 5.73 Å². The second kappa shape index (κ2) is 5.58. The molecule has 0 spiro atoms. The predicted molar refractivity (Wildman–Crippen MR) is 62.8 cm³/mol. The molecule has 0 radical (unpaired) electrons. The van der Waals surface area contributed by atoms with Gasteiger partial charge < -0.3 is 15.6 Å². The summed E-state index contributed by atoms with van der Waals surface area (Å²) < 4.78 is 18.8. The average molecular weight is 239 g/mol. The van der Waals surface area contributed by atoms with E-state index >= 15 is 0 Å². The van der Waals surface area contributed by atoms with Gasteiger partial charge in [0.05, 0.1) is 6.61 Å². The lowest BCUT2D eigenvalue weighted by Gasteiger charge is -2.28. The van der Waals surface area contributed by atoms with Gasteiger partial charge in [0.1, 0.15) is 5.82 Å². The van der Waals surface area contributed by atoms with Crippen LogP contribution in [0.1, 0.15) is 30.0 Å². The molecule has 0 saturated carbocycles. The highest BCUT2D eigenvalue weighted by atomic mass is 19.1. The van der Waals surface area contributed by atoms with Gasteiger partial charge in [0, 0.05) is 24.8 Å². The van der Waals surface area contributed by atoms with E-state index in [1.54, 1.807) is 12.1 Å². The van der Waals surface area contributed by atoms with Crippen LogP contribution in [-0.4, -0.2) is 18.3 Å². The van der Waals surface area contributed by atoms with Crippen molar-refractivity contribution in [1.29, 1.82) is 0 Å². The van der Waals surface area contributed by atoms with E-state index in [1.807, 2.05) is 0 Å². The third-order valence-corrected chi connectivity index (χ3v) is 3.41. The molecule has 1 aromatic rings. The third-order valence-electron chi connectivity index (χ3n) is 3.41. The molecule has 3 nitrogen and oxygen atoms in total. The first kappa shape index (κ1) is 12.5. The van der Waals surface area contributed by atoms with Gasteiger partial charge in [-0.1, -0.05) is 12.1 Å². The monoisotopic (exact) mass is 239 g/mol.